The molecule has 1 fully saturated rings. The van der Waals surface area contributed by atoms with E-state index in [1.807, 2.05) is 18.2 Å². The molecule has 0 aromatic heterocycles. The second kappa shape index (κ2) is 12.8. The van der Waals surface area contributed by atoms with Gasteiger partial charge in [0.2, 0.25) is 0 Å². The van der Waals surface area contributed by atoms with Crippen LogP contribution in [0, 0.1) is 0 Å². The third-order valence-corrected chi connectivity index (χ3v) is 7.15. The Morgan fingerprint density at radius 1 is 0.730 bits per heavy atom. The number of benzene rings is 4. The highest BCUT2D eigenvalue weighted by Crippen LogP contribution is 2.35. The molecular formula is C32H36ClNO3. The summed E-state index contributed by atoms with van der Waals surface area (Å²) in [6.45, 7) is 4.15. The molecule has 0 amide bonds. The molecule has 1 heterocycles. The lowest BCUT2D eigenvalue weighted by atomic mass is 9.90. The third kappa shape index (κ3) is 6.57. The highest BCUT2D eigenvalue weighted by Gasteiger charge is 2.13. The van der Waals surface area contributed by atoms with Gasteiger partial charge in [0, 0.05) is 6.54 Å². The number of rotatable bonds is 9. The zero-order chi connectivity index (χ0) is 24.7. The fraction of sp³-hybridized carbons (Fsp3) is 0.312. The van der Waals surface area contributed by atoms with Gasteiger partial charge in [-0.15, -0.1) is 12.4 Å². The van der Waals surface area contributed by atoms with Gasteiger partial charge in [-0.2, -0.15) is 0 Å². The number of halogens is 1. The largest absolute Gasteiger partial charge is 0.497 e. The monoisotopic (exact) mass is 517 g/mol. The van der Waals surface area contributed by atoms with Crippen molar-refractivity contribution in [1.29, 1.82) is 0 Å². The molecule has 4 aromatic rings. The van der Waals surface area contributed by atoms with Gasteiger partial charge in [-0.25, -0.2) is 0 Å². The van der Waals surface area contributed by atoms with Crippen molar-refractivity contribution < 1.29 is 14.2 Å². The van der Waals surface area contributed by atoms with Gasteiger partial charge in [-0.1, -0.05) is 48.9 Å². The van der Waals surface area contributed by atoms with Crippen LogP contribution in [-0.4, -0.2) is 45.4 Å². The smallest absolute Gasteiger partial charge is 0.119 e. The predicted octanol–water partition coefficient (Wildman–Crippen LogP) is 7.40. The van der Waals surface area contributed by atoms with Crippen LogP contribution < -0.4 is 14.2 Å². The van der Waals surface area contributed by atoms with Crippen LogP contribution in [0.1, 0.15) is 30.4 Å². The molecule has 4 aromatic carbocycles. The van der Waals surface area contributed by atoms with Crippen molar-refractivity contribution in [3.8, 4) is 28.4 Å². The lowest BCUT2D eigenvalue weighted by molar-refractivity contribution is 0.183. The normalized spacial score (nSPS) is 13.7. The van der Waals surface area contributed by atoms with Crippen molar-refractivity contribution >= 4 is 23.2 Å². The maximum absolute atomic E-state index is 6.06. The third-order valence-electron chi connectivity index (χ3n) is 7.15. The Hall–Kier alpha value is -3.21. The van der Waals surface area contributed by atoms with Gasteiger partial charge in [-0.05, 0) is 102 Å². The number of hydrogen-bond donors (Lipinski definition) is 0. The first-order valence-electron chi connectivity index (χ1n) is 12.9. The van der Waals surface area contributed by atoms with Crippen molar-refractivity contribution in [3.63, 3.8) is 0 Å². The predicted molar refractivity (Wildman–Crippen MR) is 155 cm³/mol. The number of fused-ring (bicyclic) bond motifs is 1. The summed E-state index contributed by atoms with van der Waals surface area (Å²) in [6, 6.07) is 27.6. The molecule has 0 aliphatic carbocycles. The number of nitrogens with zero attached hydrogens (tertiary/aromatic N) is 1. The molecule has 4 nitrogen and oxygen atoms in total. The summed E-state index contributed by atoms with van der Waals surface area (Å²) in [4.78, 5) is 2.51. The van der Waals surface area contributed by atoms with Crippen molar-refractivity contribution in [2.24, 2.45) is 0 Å². The fourth-order valence-corrected chi connectivity index (χ4v) is 5.13. The molecule has 1 aliphatic heterocycles. The zero-order valence-electron chi connectivity index (χ0n) is 21.7. The van der Waals surface area contributed by atoms with E-state index in [9.17, 15) is 0 Å². The minimum Gasteiger partial charge on any atom is -0.497 e. The first-order chi connectivity index (χ1) is 17.7. The Labute approximate surface area is 226 Å². The van der Waals surface area contributed by atoms with Crippen LogP contribution in [0.4, 0.5) is 0 Å². The number of likely N-dealkylation sites (tertiary alicyclic amines) is 1. The van der Waals surface area contributed by atoms with Crippen LogP contribution in [0.3, 0.4) is 0 Å². The molecule has 37 heavy (non-hydrogen) atoms. The van der Waals surface area contributed by atoms with E-state index in [1.165, 1.54) is 59.8 Å². The second-order valence-corrected chi connectivity index (χ2v) is 9.48. The van der Waals surface area contributed by atoms with Gasteiger partial charge in [0.1, 0.15) is 23.9 Å². The quantitative estimate of drug-likeness (QED) is 0.231. The summed E-state index contributed by atoms with van der Waals surface area (Å²) in [5.74, 6) is 2.67. The molecule has 0 radical (unpaired) electrons. The van der Waals surface area contributed by atoms with Gasteiger partial charge in [0.15, 0.2) is 0 Å². The summed E-state index contributed by atoms with van der Waals surface area (Å²) in [7, 11) is 3.42. The number of piperidine rings is 1. The van der Waals surface area contributed by atoms with E-state index < -0.39 is 0 Å². The summed E-state index contributed by atoms with van der Waals surface area (Å²) in [6.07, 6.45) is 4.81. The molecule has 194 valence electrons. The first-order valence-corrected chi connectivity index (χ1v) is 12.9. The number of ether oxygens (including phenoxy) is 3. The van der Waals surface area contributed by atoms with Gasteiger partial charge in [0.05, 0.1) is 14.2 Å². The van der Waals surface area contributed by atoms with Crippen molar-refractivity contribution in [3.05, 3.63) is 90.0 Å². The molecule has 0 spiro atoms. The lowest BCUT2D eigenvalue weighted by Crippen LogP contribution is -2.33. The average Bonchev–Trinajstić information content (AvgIpc) is 2.94. The molecule has 5 heteroatoms. The average molecular weight is 518 g/mol. The molecule has 0 bridgehead atoms. The van der Waals surface area contributed by atoms with E-state index >= 15 is 0 Å². The molecule has 1 aliphatic rings. The number of methoxy groups -OCH3 is 2. The number of hydrogen-bond acceptors (Lipinski definition) is 4. The van der Waals surface area contributed by atoms with E-state index in [0.717, 1.165) is 42.4 Å². The molecule has 1 saturated heterocycles. The van der Waals surface area contributed by atoms with E-state index in [1.54, 1.807) is 14.2 Å². The lowest BCUT2D eigenvalue weighted by Gasteiger charge is -2.26. The Balaban J connectivity index is 0.00000320. The van der Waals surface area contributed by atoms with Gasteiger partial charge >= 0.3 is 0 Å². The summed E-state index contributed by atoms with van der Waals surface area (Å²) in [5, 5.41) is 2.41. The van der Waals surface area contributed by atoms with E-state index in [-0.39, 0.29) is 12.4 Å². The summed E-state index contributed by atoms with van der Waals surface area (Å²) >= 11 is 0. The Morgan fingerprint density at radius 3 is 2.22 bits per heavy atom. The van der Waals surface area contributed by atoms with Crippen LogP contribution in [0.5, 0.6) is 17.2 Å². The minimum absolute atomic E-state index is 0. The van der Waals surface area contributed by atoms with Crippen molar-refractivity contribution in [1.82, 2.24) is 4.90 Å². The first kappa shape index (κ1) is 26.8. The van der Waals surface area contributed by atoms with Crippen molar-refractivity contribution in [2.75, 3.05) is 40.5 Å². The Bertz CT molecular complexity index is 1300. The van der Waals surface area contributed by atoms with Crippen LogP contribution in [-0.2, 0) is 6.42 Å². The standard InChI is InChI=1S/C32H35NO3.ClH/c1-34-28-8-6-7-25(22-28)30-15-11-26-23-29(35-2)14-16-31(26)32(30)21-24-9-12-27(13-10-24)36-20-19-33-17-4-3-5-18-33;/h6-16,22-23H,3-5,17-21H2,1-2H3;1H. The Kier molecular flexibility index (Phi) is 9.32. The topological polar surface area (TPSA) is 30.9 Å². The molecule has 5 rings (SSSR count). The molecule has 0 atom stereocenters. The van der Waals surface area contributed by atoms with E-state index in [2.05, 4.69) is 65.6 Å². The summed E-state index contributed by atoms with van der Waals surface area (Å²) in [5.41, 5.74) is 4.92. The molecule has 0 unspecified atom stereocenters. The highest BCUT2D eigenvalue weighted by atomic mass is 35.5. The Morgan fingerprint density at radius 2 is 1.46 bits per heavy atom. The second-order valence-electron chi connectivity index (χ2n) is 9.48. The SMILES string of the molecule is COc1cccc(-c2ccc3cc(OC)ccc3c2Cc2ccc(OCCN3CCCCC3)cc2)c1.Cl. The maximum atomic E-state index is 6.06. The molecule has 0 N–H and O–H groups in total. The van der Waals surface area contributed by atoms with Crippen molar-refractivity contribution in [2.45, 2.75) is 25.7 Å². The molecule has 0 saturated carbocycles. The fourth-order valence-electron chi connectivity index (χ4n) is 5.13. The minimum atomic E-state index is 0. The van der Waals surface area contributed by atoms with E-state index in [4.69, 9.17) is 14.2 Å². The van der Waals surface area contributed by atoms with Gasteiger partial charge in [0.25, 0.3) is 0 Å². The molecular weight excluding hydrogens is 482 g/mol. The van der Waals surface area contributed by atoms with E-state index in [0.29, 0.717) is 0 Å². The van der Waals surface area contributed by atoms with Gasteiger partial charge < -0.3 is 14.2 Å². The maximum Gasteiger partial charge on any atom is 0.119 e. The summed E-state index contributed by atoms with van der Waals surface area (Å²) < 4.78 is 17.0. The van der Waals surface area contributed by atoms with Crippen LogP contribution in [0.25, 0.3) is 21.9 Å². The van der Waals surface area contributed by atoms with Crippen LogP contribution in [0.2, 0.25) is 0 Å². The zero-order valence-corrected chi connectivity index (χ0v) is 22.6. The van der Waals surface area contributed by atoms with Gasteiger partial charge in [-0.3, -0.25) is 4.90 Å². The van der Waals surface area contributed by atoms with Crippen LogP contribution >= 0.6 is 12.4 Å². The highest BCUT2D eigenvalue weighted by molar-refractivity contribution is 5.93. The van der Waals surface area contributed by atoms with Crippen LogP contribution in [0.15, 0.2) is 78.9 Å².